The number of carboxylic acids is 1. The Bertz CT molecular complexity index is 1340. The first-order chi connectivity index (χ1) is 16.5. The number of aromatic nitrogens is 1. The van der Waals surface area contributed by atoms with Gasteiger partial charge in [-0.2, -0.15) is 13.2 Å². The van der Waals surface area contributed by atoms with E-state index in [0.717, 1.165) is 12.1 Å². The van der Waals surface area contributed by atoms with Crippen molar-refractivity contribution < 1.29 is 32.2 Å². The van der Waals surface area contributed by atoms with E-state index in [4.69, 9.17) is 22.1 Å². The van der Waals surface area contributed by atoms with Crippen molar-refractivity contribution in [2.75, 3.05) is 5.73 Å². The molecule has 2 aromatic carbocycles. The maximum absolute atomic E-state index is 14.2. The minimum absolute atomic E-state index is 0.0318. The molecule has 0 radical (unpaired) electrons. The van der Waals surface area contributed by atoms with Gasteiger partial charge >= 0.3 is 12.1 Å². The zero-order chi connectivity index (χ0) is 25.3. The molecule has 4 rings (SSSR count). The number of carbonyl (C=O) groups is 1. The molecule has 0 atom stereocenters. The Balaban J connectivity index is 1.81. The number of nitrogen functional groups attached to an aromatic ring is 1. The normalized spacial score (nSPS) is 13.9. The van der Waals surface area contributed by atoms with E-state index in [9.17, 15) is 27.5 Å². The molecule has 10 heteroatoms. The van der Waals surface area contributed by atoms with Crippen LogP contribution in [0.1, 0.15) is 51.9 Å². The maximum Gasteiger partial charge on any atom is 0.417 e. The summed E-state index contributed by atoms with van der Waals surface area (Å²) in [5.74, 6) is -1.88. The van der Waals surface area contributed by atoms with Crippen LogP contribution in [0.2, 0.25) is 5.02 Å². The van der Waals surface area contributed by atoms with Crippen LogP contribution in [-0.2, 0) is 12.8 Å². The number of aromatic carboxylic acids is 1. The molecule has 0 saturated carbocycles. The molecule has 0 spiro atoms. The number of ether oxygens (including phenoxy) is 1. The summed E-state index contributed by atoms with van der Waals surface area (Å²) in [4.78, 5) is 15.4. The molecule has 0 fully saturated rings. The Kier molecular flexibility index (Phi) is 6.71. The van der Waals surface area contributed by atoms with Crippen molar-refractivity contribution in [3.8, 4) is 5.88 Å². The van der Waals surface area contributed by atoms with Gasteiger partial charge in [-0.1, -0.05) is 17.7 Å². The highest BCUT2D eigenvalue weighted by Gasteiger charge is 2.33. The molecular formula is C25H19ClF4N2O3. The first-order valence-corrected chi connectivity index (χ1v) is 10.9. The van der Waals surface area contributed by atoms with E-state index in [-0.39, 0.29) is 39.9 Å². The molecule has 1 aliphatic carbocycles. The van der Waals surface area contributed by atoms with E-state index >= 15 is 0 Å². The number of pyridine rings is 1. The Labute approximate surface area is 202 Å². The van der Waals surface area contributed by atoms with Crippen LogP contribution in [0.4, 0.5) is 23.2 Å². The molecule has 1 aromatic heterocycles. The zero-order valence-corrected chi connectivity index (χ0v) is 18.9. The topological polar surface area (TPSA) is 85.4 Å². The standard InChI is InChI=1S/C25H19ClF4N2O3/c26-17-5-4-13(22(27)10-17)12-35-23-21(9-16(11-32-23)25(28,29)30)20-3-1-2-19(20)14-6-15(24(33)34)8-18(31)7-14/h4-11H,1-3,12,31H2,(H,33,34). The maximum atomic E-state index is 14.2. The smallest absolute Gasteiger partial charge is 0.417 e. The average Bonchev–Trinajstić information content (AvgIpc) is 3.27. The second-order valence-electron chi connectivity index (χ2n) is 8.06. The van der Waals surface area contributed by atoms with Crippen LogP contribution >= 0.6 is 11.6 Å². The number of benzene rings is 2. The van der Waals surface area contributed by atoms with E-state index in [1.54, 1.807) is 6.07 Å². The molecule has 182 valence electrons. The quantitative estimate of drug-likeness (QED) is 0.282. The molecule has 1 aliphatic rings. The summed E-state index contributed by atoms with van der Waals surface area (Å²) >= 11 is 5.77. The third kappa shape index (κ3) is 5.40. The van der Waals surface area contributed by atoms with Crippen molar-refractivity contribution in [1.29, 1.82) is 0 Å². The van der Waals surface area contributed by atoms with Crippen molar-refractivity contribution in [3.05, 3.63) is 87.3 Å². The fraction of sp³-hybridized carbons (Fsp3) is 0.200. The first kappa shape index (κ1) is 24.5. The molecule has 0 bridgehead atoms. The minimum atomic E-state index is -4.64. The molecule has 0 saturated heterocycles. The number of allylic oxidation sites excluding steroid dienone is 2. The Morgan fingerprint density at radius 1 is 1.11 bits per heavy atom. The van der Waals surface area contributed by atoms with Gasteiger partial charge in [-0.15, -0.1) is 0 Å². The number of carboxylic acid groups (broad SMARTS) is 1. The number of alkyl halides is 3. The van der Waals surface area contributed by atoms with Crippen molar-refractivity contribution in [2.24, 2.45) is 0 Å². The largest absolute Gasteiger partial charge is 0.478 e. The number of halogens is 5. The number of hydrogen-bond acceptors (Lipinski definition) is 4. The third-order valence-corrected chi connectivity index (χ3v) is 5.89. The van der Waals surface area contributed by atoms with Gasteiger partial charge in [0.05, 0.1) is 11.1 Å². The summed E-state index contributed by atoms with van der Waals surface area (Å²) in [5.41, 5.74) is 7.07. The van der Waals surface area contributed by atoms with Crippen LogP contribution in [0.25, 0.3) is 11.1 Å². The number of hydrogen-bond donors (Lipinski definition) is 2. The minimum Gasteiger partial charge on any atom is -0.478 e. The molecule has 1 heterocycles. The van der Waals surface area contributed by atoms with Crippen molar-refractivity contribution in [1.82, 2.24) is 4.98 Å². The Hall–Kier alpha value is -3.59. The lowest BCUT2D eigenvalue weighted by Gasteiger charge is -2.16. The second kappa shape index (κ2) is 9.58. The number of anilines is 1. The molecule has 3 N–H and O–H groups in total. The van der Waals surface area contributed by atoms with Gasteiger partial charge in [0.15, 0.2) is 0 Å². The van der Waals surface area contributed by atoms with E-state index in [1.807, 2.05) is 0 Å². The van der Waals surface area contributed by atoms with Gasteiger partial charge in [0.1, 0.15) is 12.4 Å². The molecule has 0 amide bonds. The van der Waals surface area contributed by atoms with Crippen LogP contribution in [0.15, 0.2) is 48.7 Å². The van der Waals surface area contributed by atoms with Crippen LogP contribution in [0.3, 0.4) is 0 Å². The highest BCUT2D eigenvalue weighted by Crippen LogP contribution is 2.44. The van der Waals surface area contributed by atoms with E-state index in [2.05, 4.69) is 4.98 Å². The Morgan fingerprint density at radius 2 is 1.86 bits per heavy atom. The predicted molar refractivity (Wildman–Crippen MR) is 123 cm³/mol. The third-order valence-electron chi connectivity index (χ3n) is 5.65. The molecule has 5 nitrogen and oxygen atoms in total. The number of nitrogens with zero attached hydrogens (tertiary/aromatic N) is 1. The number of nitrogens with two attached hydrogens (primary N) is 1. The predicted octanol–water partition coefficient (Wildman–Crippen LogP) is 6.85. The molecule has 3 aromatic rings. The molecule has 35 heavy (non-hydrogen) atoms. The number of rotatable bonds is 6. The summed E-state index contributed by atoms with van der Waals surface area (Å²) in [6.45, 7) is -0.279. The summed E-state index contributed by atoms with van der Waals surface area (Å²) in [7, 11) is 0. The van der Waals surface area contributed by atoms with E-state index < -0.39 is 23.5 Å². The second-order valence-corrected chi connectivity index (χ2v) is 8.49. The van der Waals surface area contributed by atoms with Crippen molar-refractivity contribution in [2.45, 2.75) is 32.0 Å². The van der Waals surface area contributed by atoms with Crippen LogP contribution in [0, 0.1) is 5.82 Å². The van der Waals surface area contributed by atoms with Crippen LogP contribution < -0.4 is 10.5 Å². The lowest BCUT2D eigenvalue weighted by molar-refractivity contribution is -0.137. The highest BCUT2D eigenvalue weighted by molar-refractivity contribution is 6.30. The lowest BCUT2D eigenvalue weighted by atomic mass is 9.95. The highest BCUT2D eigenvalue weighted by atomic mass is 35.5. The summed E-state index contributed by atoms with van der Waals surface area (Å²) in [6, 6.07) is 9.28. The van der Waals surface area contributed by atoms with Crippen molar-refractivity contribution in [3.63, 3.8) is 0 Å². The van der Waals surface area contributed by atoms with E-state index in [0.29, 0.717) is 42.2 Å². The van der Waals surface area contributed by atoms with Gasteiger partial charge in [-0.25, -0.2) is 14.2 Å². The van der Waals surface area contributed by atoms with Gasteiger partial charge in [0.2, 0.25) is 5.88 Å². The molecule has 0 aliphatic heterocycles. The lowest BCUT2D eigenvalue weighted by Crippen LogP contribution is -2.09. The van der Waals surface area contributed by atoms with Gasteiger partial charge in [0, 0.05) is 28.0 Å². The monoisotopic (exact) mass is 506 g/mol. The molecule has 0 unspecified atom stereocenters. The summed E-state index contributed by atoms with van der Waals surface area (Å²) in [6.07, 6.45) is -2.44. The van der Waals surface area contributed by atoms with Gasteiger partial charge in [-0.05, 0) is 72.4 Å². The average molecular weight is 507 g/mol. The summed E-state index contributed by atoms with van der Waals surface area (Å²) in [5, 5.41) is 9.58. The van der Waals surface area contributed by atoms with Gasteiger partial charge < -0.3 is 15.6 Å². The summed E-state index contributed by atoms with van der Waals surface area (Å²) < 4.78 is 60.4. The molecular weight excluding hydrogens is 488 g/mol. The van der Waals surface area contributed by atoms with E-state index in [1.165, 1.54) is 24.3 Å². The first-order valence-electron chi connectivity index (χ1n) is 10.5. The van der Waals surface area contributed by atoms with Gasteiger partial charge in [-0.3, -0.25) is 0 Å². The fourth-order valence-corrected chi connectivity index (χ4v) is 4.19. The van der Waals surface area contributed by atoms with Crippen LogP contribution in [0.5, 0.6) is 5.88 Å². The van der Waals surface area contributed by atoms with Gasteiger partial charge in [0.25, 0.3) is 0 Å². The zero-order valence-electron chi connectivity index (χ0n) is 18.1. The Morgan fingerprint density at radius 3 is 2.54 bits per heavy atom. The van der Waals surface area contributed by atoms with Crippen LogP contribution in [-0.4, -0.2) is 16.1 Å². The SMILES string of the molecule is Nc1cc(C(=O)O)cc(C2=C(c3cc(C(F)(F)F)cnc3OCc3ccc(Cl)cc3F)CCC2)c1. The van der Waals surface area contributed by atoms with Crippen molar-refractivity contribution >= 4 is 34.4 Å². The fourth-order valence-electron chi connectivity index (χ4n) is 4.03.